The highest BCUT2D eigenvalue weighted by Gasteiger charge is 2.30. The number of rotatable bonds is 4. The monoisotopic (exact) mass is 493 g/mol. The summed E-state index contributed by atoms with van der Waals surface area (Å²) in [5.74, 6) is 0.178. The van der Waals surface area contributed by atoms with E-state index in [1.807, 2.05) is 40.8 Å². The van der Waals surface area contributed by atoms with Gasteiger partial charge in [0.25, 0.3) is 11.8 Å². The van der Waals surface area contributed by atoms with E-state index in [2.05, 4.69) is 32.2 Å². The van der Waals surface area contributed by atoms with Gasteiger partial charge in [-0.3, -0.25) is 9.59 Å². The van der Waals surface area contributed by atoms with Gasteiger partial charge in [0.1, 0.15) is 0 Å². The Balaban J connectivity index is 1.28. The normalized spacial score (nSPS) is 15.2. The second-order valence-corrected chi connectivity index (χ2v) is 11.1. The SMILES string of the molecule is Cc1nn(C(C)(C)C)c2nc(C3CC3)cc(C(=O)Nc3ccc(C(=O)N4CCc5ccccc54)cc3)c12. The van der Waals surface area contributed by atoms with E-state index in [1.54, 1.807) is 24.3 Å². The highest BCUT2D eigenvalue weighted by atomic mass is 16.2. The van der Waals surface area contributed by atoms with Crippen LogP contribution < -0.4 is 10.2 Å². The van der Waals surface area contributed by atoms with E-state index in [0.717, 1.165) is 47.4 Å². The largest absolute Gasteiger partial charge is 0.322 e. The smallest absolute Gasteiger partial charge is 0.258 e. The topological polar surface area (TPSA) is 80.1 Å². The zero-order valence-corrected chi connectivity index (χ0v) is 21.7. The highest BCUT2D eigenvalue weighted by Crippen LogP contribution is 2.41. The van der Waals surface area contributed by atoms with Crippen LogP contribution in [0.4, 0.5) is 11.4 Å². The molecule has 1 aliphatic heterocycles. The molecule has 6 rings (SSSR count). The Morgan fingerprint density at radius 2 is 1.76 bits per heavy atom. The molecule has 1 fully saturated rings. The summed E-state index contributed by atoms with van der Waals surface area (Å²) >= 11 is 0. The molecule has 3 heterocycles. The average Bonchev–Trinajstić information content (AvgIpc) is 3.55. The summed E-state index contributed by atoms with van der Waals surface area (Å²) in [5.41, 5.74) is 6.24. The van der Waals surface area contributed by atoms with Gasteiger partial charge in [0.2, 0.25) is 0 Å². The second-order valence-electron chi connectivity index (χ2n) is 11.1. The number of hydrogen-bond acceptors (Lipinski definition) is 4. The zero-order valence-electron chi connectivity index (χ0n) is 21.7. The minimum Gasteiger partial charge on any atom is -0.322 e. The predicted octanol–water partition coefficient (Wildman–Crippen LogP) is 5.83. The first-order valence-electron chi connectivity index (χ1n) is 12.9. The van der Waals surface area contributed by atoms with Crippen molar-refractivity contribution in [2.45, 2.75) is 58.4 Å². The van der Waals surface area contributed by atoms with Crippen LogP contribution in [0.3, 0.4) is 0 Å². The predicted molar refractivity (Wildman–Crippen MR) is 145 cm³/mol. The lowest BCUT2D eigenvalue weighted by atomic mass is 10.1. The molecule has 2 aromatic carbocycles. The van der Waals surface area contributed by atoms with Crippen molar-refractivity contribution in [2.75, 3.05) is 16.8 Å². The molecule has 7 nitrogen and oxygen atoms in total. The maximum absolute atomic E-state index is 13.5. The van der Waals surface area contributed by atoms with Crippen molar-refractivity contribution in [3.63, 3.8) is 0 Å². The fourth-order valence-corrected chi connectivity index (χ4v) is 5.14. The van der Waals surface area contributed by atoms with Crippen LogP contribution in [0.1, 0.15) is 77.2 Å². The minimum atomic E-state index is -0.256. The number of hydrogen-bond donors (Lipinski definition) is 1. The molecule has 1 saturated carbocycles. The number of nitrogens with one attached hydrogen (secondary N) is 1. The Morgan fingerprint density at radius 3 is 2.46 bits per heavy atom. The zero-order chi connectivity index (χ0) is 25.9. The van der Waals surface area contributed by atoms with Gasteiger partial charge in [-0.15, -0.1) is 0 Å². The van der Waals surface area contributed by atoms with Gasteiger partial charge in [-0.1, -0.05) is 18.2 Å². The molecule has 0 unspecified atom stereocenters. The van der Waals surface area contributed by atoms with E-state index in [0.29, 0.717) is 29.3 Å². The number of pyridine rings is 1. The van der Waals surface area contributed by atoms with Crippen molar-refractivity contribution in [1.29, 1.82) is 0 Å². The maximum atomic E-state index is 13.5. The summed E-state index contributed by atoms with van der Waals surface area (Å²) in [6.45, 7) is 8.88. The molecule has 37 heavy (non-hydrogen) atoms. The van der Waals surface area contributed by atoms with Crippen LogP contribution >= 0.6 is 0 Å². The van der Waals surface area contributed by atoms with Gasteiger partial charge < -0.3 is 10.2 Å². The Kier molecular flexibility index (Phi) is 5.40. The number of nitrogens with zero attached hydrogens (tertiary/aromatic N) is 4. The lowest BCUT2D eigenvalue weighted by Gasteiger charge is -2.20. The van der Waals surface area contributed by atoms with Crippen LogP contribution in [-0.2, 0) is 12.0 Å². The Morgan fingerprint density at radius 1 is 1.03 bits per heavy atom. The van der Waals surface area contributed by atoms with Gasteiger partial charge in [-0.05, 0) is 88.9 Å². The van der Waals surface area contributed by atoms with Crippen molar-refractivity contribution in [1.82, 2.24) is 14.8 Å². The molecule has 2 aromatic heterocycles. The lowest BCUT2D eigenvalue weighted by Crippen LogP contribution is -2.28. The van der Waals surface area contributed by atoms with Gasteiger partial charge in [-0.25, -0.2) is 9.67 Å². The van der Waals surface area contributed by atoms with Crippen LogP contribution in [-0.4, -0.2) is 33.1 Å². The van der Waals surface area contributed by atoms with Gasteiger partial charge >= 0.3 is 0 Å². The summed E-state index contributed by atoms with van der Waals surface area (Å²) in [6.07, 6.45) is 3.06. The molecule has 1 N–H and O–H groups in total. The third-order valence-electron chi connectivity index (χ3n) is 7.23. The van der Waals surface area contributed by atoms with E-state index in [9.17, 15) is 9.59 Å². The standard InChI is InChI=1S/C30H31N5O2/c1-18-26-23(17-24(19-9-10-19)32-27(26)35(33-18)30(2,3)4)28(36)31-22-13-11-21(12-14-22)29(37)34-16-15-20-7-5-6-8-25(20)34/h5-8,11-14,17,19H,9-10,15-16H2,1-4H3,(H,31,36). The number of carbonyl (C=O) groups is 2. The number of aromatic nitrogens is 3. The van der Waals surface area contributed by atoms with Gasteiger partial charge in [-0.2, -0.15) is 5.10 Å². The first kappa shape index (κ1) is 23.4. The van der Waals surface area contributed by atoms with Crippen molar-refractivity contribution in [3.05, 3.63) is 82.7 Å². The van der Waals surface area contributed by atoms with Gasteiger partial charge in [0.05, 0.1) is 22.2 Å². The van der Waals surface area contributed by atoms with E-state index in [-0.39, 0.29) is 17.4 Å². The maximum Gasteiger partial charge on any atom is 0.258 e. The highest BCUT2D eigenvalue weighted by molar-refractivity contribution is 6.13. The van der Waals surface area contributed by atoms with E-state index in [4.69, 9.17) is 10.1 Å². The number of para-hydroxylation sites is 1. The Labute approximate surface area is 216 Å². The quantitative estimate of drug-likeness (QED) is 0.388. The molecule has 4 aromatic rings. The molecule has 2 aliphatic rings. The average molecular weight is 494 g/mol. The van der Waals surface area contributed by atoms with E-state index in [1.165, 1.54) is 5.56 Å². The number of aryl methyl sites for hydroxylation is 1. The number of amides is 2. The number of benzene rings is 2. The number of fused-ring (bicyclic) bond motifs is 2. The molecule has 2 amide bonds. The fraction of sp³-hybridized carbons (Fsp3) is 0.333. The Bertz CT molecular complexity index is 1540. The summed E-state index contributed by atoms with van der Waals surface area (Å²) in [4.78, 5) is 33.5. The molecule has 0 spiro atoms. The van der Waals surface area contributed by atoms with Crippen LogP contribution in [0, 0.1) is 6.92 Å². The number of carbonyl (C=O) groups excluding carboxylic acids is 2. The van der Waals surface area contributed by atoms with Gasteiger partial charge in [0.15, 0.2) is 5.65 Å². The van der Waals surface area contributed by atoms with Crippen molar-refractivity contribution in [2.24, 2.45) is 0 Å². The molecule has 0 saturated heterocycles. The van der Waals surface area contributed by atoms with Crippen molar-refractivity contribution >= 4 is 34.2 Å². The van der Waals surface area contributed by atoms with Crippen LogP contribution in [0.2, 0.25) is 0 Å². The first-order chi connectivity index (χ1) is 17.7. The van der Waals surface area contributed by atoms with Gasteiger partial charge in [0, 0.05) is 35.1 Å². The van der Waals surface area contributed by atoms with Crippen LogP contribution in [0.5, 0.6) is 0 Å². The summed E-state index contributed by atoms with van der Waals surface area (Å²) in [7, 11) is 0. The third kappa shape index (κ3) is 4.18. The molecule has 0 bridgehead atoms. The molecule has 0 atom stereocenters. The minimum absolute atomic E-state index is 0.0297. The summed E-state index contributed by atoms with van der Waals surface area (Å²) in [6, 6.07) is 17.1. The summed E-state index contributed by atoms with van der Waals surface area (Å²) < 4.78 is 1.93. The third-order valence-corrected chi connectivity index (χ3v) is 7.23. The second kappa shape index (κ2) is 8.54. The molecule has 188 valence electrons. The first-order valence-corrected chi connectivity index (χ1v) is 12.9. The van der Waals surface area contributed by atoms with E-state index >= 15 is 0 Å². The molecule has 0 radical (unpaired) electrons. The summed E-state index contributed by atoms with van der Waals surface area (Å²) in [5, 5.41) is 8.57. The van der Waals surface area contributed by atoms with Crippen molar-refractivity contribution < 1.29 is 9.59 Å². The van der Waals surface area contributed by atoms with Crippen LogP contribution in [0.15, 0.2) is 54.6 Å². The number of anilines is 2. The van der Waals surface area contributed by atoms with Crippen LogP contribution in [0.25, 0.3) is 11.0 Å². The van der Waals surface area contributed by atoms with Crippen molar-refractivity contribution in [3.8, 4) is 0 Å². The fourth-order valence-electron chi connectivity index (χ4n) is 5.14. The Hall–Kier alpha value is -4.00. The molecular weight excluding hydrogens is 462 g/mol. The molecular formula is C30H31N5O2. The van der Waals surface area contributed by atoms with E-state index < -0.39 is 0 Å². The molecule has 7 heteroatoms. The molecule has 1 aliphatic carbocycles. The lowest BCUT2D eigenvalue weighted by molar-refractivity contribution is 0.0988.